The average Bonchev–Trinajstić information content (AvgIpc) is 3.02. The van der Waals surface area contributed by atoms with Gasteiger partial charge in [0.05, 0.1) is 5.69 Å². The quantitative estimate of drug-likeness (QED) is 0.688. The lowest BCUT2D eigenvalue weighted by molar-refractivity contribution is -0.117. The van der Waals surface area contributed by atoms with Gasteiger partial charge in [0, 0.05) is 17.4 Å². The highest BCUT2D eigenvalue weighted by Gasteiger charge is 2.19. The van der Waals surface area contributed by atoms with E-state index in [0.29, 0.717) is 11.4 Å². The Kier molecular flexibility index (Phi) is 5.67. The molecule has 0 saturated heterocycles. The number of halogens is 2. The highest BCUT2D eigenvalue weighted by Crippen LogP contribution is 2.18. The fourth-order valence-electron chi connectivity index (χ4n) is 2.70. The van der Waals surface area contributed by atoms with Crippen molar-refractivity contribution in [3.8, 4) is 0 Å². The fourth-order valence-corrected chi connectivity index (χ4v) is 2.70. The number of carbonyl (C=O) groups excluding carboxylic acids is 2. The molecule has 0 spiro atoms. The Balaban J connectivity index is 1.69. The van der Waals surface area contributed by atoms with Crippen LogP contribution >= 0.6 is 0 Å². The van der Waals surface area contributed by atoms with E-state index in [1.165, 1.54) is 10.7 Å². The highest BCUT2D eigenvalue weighted by molar-refractivity contribution is 6.03. The van der Waals surface area contributed by atoms with Crippen LogP contribution in [-0.4, -0.2) is 26.8 Å². The number of amides is 2. The van der Waals surface area contributed by atoms with E-state index in [1.807, 2.05) is 26.0 Å². The highest BCUT2D eigenvalue weighted by atomic mass is 19.2. The summed E-state index contributed by atoms with van der Waals surface area (Å²) in [7, 11) is 0. The predicted molar refractivity (Wildman–Crippen MR) is 104 cm³/mol. The minimum atomic E-state index is -1.08. The van der Waals surface area contributed by atoms with Crippen molar-refractivity contribution in [2.75, 3.05) is 10.6 Å². The molecule has 0 aliphatic carbocycles. The number of benzene rings is 2. The van der Waals surface area contributed by atoms with Crippen LogP contribution in [0.2, 0.25) is 0 Å². The van der Waals surface area contributed by atoms with Crippen molar-refractivity contribution in [3.05, 3.63) is 70.5 Å². The molecule has 1 heterocycles. The molecule has 0 aliphatic heterocycles. The van der Waals surface area contributed by atoms with Crippen LogP contribution in [-0.2, 0) is 11.3 Å². The summed E-state index contributed by atoms with van der Waals surface area (Å²) in [4.78, 5) is 24.7. The smallest absolute Gasteiger partial charge is 0.278 e. The molecule has 3 aromatic rings. The van der Waals surface area contributed by atoms with Crippen LogP contribution in [0.4, 0.5) is 20.2 Å². The summed E-state index contributed by atoms with van der Waals surface area (Å²) >= 11 is 0. The molecule has 2 amide bonds. The van der Waals surface area contributed by atoms with Crippen LogP contribution in [0.5, 0.6) is 0 Å². The van der Waals surface area contributed by atoms with Gasteiger partial charge in [-0.1, -0.05) is 17.3 Å². The Morgan fingerprint density at radius 1 is 1.03 bits per heavy atom. The maximum absolute atomic E-state index is 13.3. The monoisotopic (exact) mass is 399 g/mol. The second-order valence-electron chi connectivity index (χ2n) is 6.56. The third-order valence-electron chi connectivity index (χ3n) is 4.55. The van der Waals surface area contributed by atoms with E-state index in [4.69, 9.17) is 0 Å². The normalized spacial score (nSPS) is 10.7. The third kappa shape index (κ3) is 4.45. The summed E-state index contributed by atoms with van der Waals surface area (Å²) in [6.45, 7) is 5.31. The van der Waals surface area contributed by atoms with Gasteiger partial charge >= 0.3 is 0 Å². The zero-order valence-electron chi connectivity index (χ0n) is 16.1. The van der Waals surface area contributed by atoms with Gasteiger partial charge in [0.15, 0.2) is 17.3 Å². The molecule has 0 unspecified atom stereocenters. The first-order chi connectivity index (χ1) is 13.8. The van der Waals surface area contributed by atoms with Crippen LogP contribution in [0.15, 0.2) is 36.4 Å². The molecular formula is C20H19F2N5O2. The maximum Gasteiger partial charge on any atom is 0.278 e. The molecule has 0 bridgehead atoms. The van der Waals surface area contributed by atoms with E-state index in [9.17, 15) is 18.4 Å². The minimum absolute atomic E-state index is 0.0192. The Morgan fingerprint density at radius 3 is 2.52 bits per heavy atom. The molecule has 29 heavy (non-hydrogen) atoms. The number of hydrogen-bond donors (Lipinski definition) is 2. The molecule has 0 atom stereocenters. The van der Waals surface area contributed by atoms with E-state index < -0.39 is 17.5 Å². The van der Waals surface area contributed by atoms with Crippen LogP contribution in [0.3, 0.4) is 0 Å². The molecule has 150 valence electrons. The molecule has 0 fully saturated rings. The summed E-state index contributed by atoms with van der Waals surface area (Å²) in [6, 6.07) is 8.60. The first-order valence-electron chi connectivity index (χ1n) is 8.79. The largest absolute Gasteiger partial charge is 0.324 e. The Hall–Kier alpha value is -3.62. The molecule has 0 saturated carbocycles. The van der Waals surface area contributed by atoms with Crippen molar-refractivity contribution in [1.29, 1.82) is 0 Å². The van der Waals surface area contributed by atoms with Gasteiger partial charge in [-0.05, 0) is 50.1 Å². The number of nitrogens with one attached hydrogen (secondary N) is 2. The van der Waals surface area contributed by atoms with Crippen molar-refractivity contribution in [1.82, 2.24) is 15.0 Å². The van der Waals surface area contributed by atoms with Crippen LogP contribution in [0.25, 0.3) is 0 Å². The standard InChI is InChI=1S/C20H19F2N5O2/c1-11-5-4-6-17(12(11)2)24-18(28)10-27-13(3)19(25-26-27)20(29)23-14-7-8-15(21)16(22)9-14/h4-9H,10H2,1-3H3,(H,23,29)(H,24,28). The van der Waals surface area contributed by atoms with E-state index in [1.54, 1.807) is 13.0 Å². The third-order valence-corrected chi connectivity index (χ3v) is 4.55. The lowest BCUT2D eigenvalue weighted by atomic mass is 10.1. The van der Waals surface area contributed by atoms with Crippen molar-refractivity contribution in [2.24, 2.45) is 0 Å². The number of aromatic nitrogens is 3. The molecule has 0 aliphatic rings. The summed E-state index contributed by atoms with van der Waals surface area (Å²) in [5.41, 5.74) is 3.13. The van der Waals surface area contributed by atoms with Crippen LogP contribution < -0.4 is 10.6 Å². The average molecular weight is 399 g/mol. The van der Waals surface area contributed by atoms with Gasteiger partial charge < -0.3 is 10.6 Å². The Bertz CT molecular complexity index is 1090. The van der Waals surface area contributed by atoms with Crippen LogP contribution in [0.1, 0.15) is 27.3 Å². The topological polar surface area (TPSA) is 88.9 Å². The summed E-state index contributed by atoms with van der Waals surface area (Å²) < 4.78 is 27.6. The fraction of sp³-hybridized carbons (Fsp3) is 0.200. The Labute approximate surface area is 165 Å². The predicted octanol–water partition coefficient (Wildman–Crippen LogP) is 3.37. The first kappa shape index (κ1) is 20.1. The van der Waals surface area contributed by atoms with Gasteiger partial charge in [-0.15, -0.1) is 5.10 Å². The number of hydrogen-bond acceptors (Lipinski definition) is 4. The van der Waals surface area contributed by atoms with Gasteiger partial charge in [-0.2, -0.15) is 0 Å². The van der Waals surface area contributed by atoms with E-state index >= 15 is 0 Å². The second-order valence-corrected chi connectivity index (χ2v) is 6.56. The lowest BCUT2D eigenvalue weighted by Crippen LogP contribution is -2.21. The number of carbonyl (C=O) groups is 2. The van der Waals surface area contributed by atoms with E-state index in [2.05, 4.69) is 20.9 Å². The van der Waals surface area contributed by atoms with Gasteiger partial charge in [0.1, 0.15) is 6.54 Å². The number of anilines is 2. The van der Waals surface area contributed by atoms with Crippen molar-refractivity contribution < 1.29 is 18.4 Å². The van der Waals surface area contributed by atoms with Gasteiger partial charge in [0.25, 0.3) is 5.91 Å². The lowest BCUT2D eigenvalue weighted by Gasteiger charge is -2.10. The Morgan fingerprint density at radius 2 is 1.79 bits per heavy atom. The number of rotatable bonds is 5. The summed E-state index contributed by atoms with van der Waals surface area (Å²) in [5, 5.41) is 12.9. The van der Waals surface area contributed by atoms with Gasteiger partial charge in [-0.3, -0.25) is 9.59 Å². The molecule has 3 rings (SSSR count). The zero-order chi connectivity index (χ0) is 21.1. The molecule has 0 radical (unpaired) electrons. The summed E-state index contributed by atoms with van der Waals surface area (Å²) in [6.07, 6.45) is 0. The number of aryl methyl sites for hydroxylation is 1. The maximum atomic E-state index is 13.3. The molecular weight excluding hydrogens is 380 g/mol. The molecule has 2 aromatic carbocycles. The molecule has 1 aromatic heterocycles. The molecule has 9 heteroatoms. The number of nitrogens with zero attached hydrogens (tertiary/aromatic N) is 3. The first-order valence-corrected chi connectivity index (χ1v) is 8.79. The molecule has 7 nitrogen and oxygen atoms in total. The van der Waals surface area contributed by atoms with E-state index in [-0.39, 0.29) is 23.8 Å². The SMILES string of the molecule is Cc1cccc(NC(=O)Cn2nnc(C(=O)Nc3ccc(F)c(F)c3)c2C)c1C. The van der Waals surface area contributed by atoms with Crippen molar-refractivity contribution >= 4 is 23.2 Å². The van der Waals surface area contributed by atoms with Crippen molar-refractivity contribution in [3.63, 3.8) is 0 Å². The second kappa shape index (κ2) is 8.17. The van der Waals surface area contributed by atoms with Crippen LogP contribution in [0, 0.1) is 32.4 Å². The van der Waals surface area contributed by atoms with E-state index in [0.717, 1.165) is 23.3 Å². The van der Waals surface area contributed by atoms with Gasteiger partial charge in [0.2, 0.25) is 5.91 Å². The van der Waals surface area contributed by atoms with Crippen molar-refractivity contribution in [2.45, 2.75) is 27.3 Å². The minimum Gasteiger partial charge on any atom is -0.324 e. The zero-order valence-corrected chi connectivity index (χ0v) is 16.1. The summed E-state index contributed by atoms with van der Waals surface area (Å²) in [5.74, 6) is -3.06. The molecule has 2 N–H and O–H groups in total. The van der Waals surface area contributed by atoms with Gasteiger partial charge in [-0.25, -0.2) is 13.5 Å².